The quantitative estimate of drug-likeness (QED) is 0.441. The van der Waals surface area contributed by atoms with Crippen LogP contribution in [0.4, 0.5) is 0 Å². The summed E-state index contributed by atoms with van der Waals surface area (Å²) in [6, 6.07) is 10.7. The van der Waals surface area contributed by atoms with Gasteiger partial charge in [-0.3, -0.25) is 0 Å². The van der Waals surface area contributed by atoms with Crippen LogP contribution >= 0.6 is 39.1 Å². The van der Waals surface area contributed by atoms with E-state index in [1.54, 1.807) is 38.1 Å². The largest absolute Gasteiger partial charge is 0.462 e. The zero-order chi connectivity index (χ0) is 20.7. The van der Waals surface area contributed by atoms with Crippen molar-refractivity contribution in [1.29, 1.82) is 0 Å². The summed E-state index contributed by atoms with van der Waals surface area (Å²) in [4.78, 5) is 22.8. The van der Waals surface area contributed by atoms with Crippen LogP contribution in [0.3, 0.4) is 0 Å². The first kappa shape index (κ1) is 22.7. The van der Waals surface area contributed by atoms with E-state index in [0.29, 0.717) is 40.3 Å². The predicted molar refractivity (Wildman–Crippen MR) is 114 cm³/mol. The predicted octanol–water partition coefficient (Wildman–Crippen LogP) is 6.67. The Morgan fingerprint density at radius 2 is 1.43 bits per heavy atom. The molecule has 1 fully saturated rings. The van der Waals surface area contributed by atoms with Gasteiger partial charge in [0.15, 0.2) is 0 Å². The Kier molecular flexibility index (Phi) is 8.80. The molecule has 0 radical (unpaired) electrons. The number of hydrogen-bond acceptors (Lipinski definition) is 4. The Morgan fingerprint density at radius 3 is 1.93 bits per heavy atom. The Balaban J connectivity index is 0.000000203. The van der Waals surface area contributed by atoms with Crippen LogP contribution in [0, 0.1) is 0 Å². The van der Waals surface area contributed by atoms with Crippen molar-refractivity contribution in [3.8, 4) is 0 Å². The molecule has 1 saturated carbocycles. The molecule has 0 amide bonds. The monoisotopic (exact) mass is 486 g/mol. The molecule has 0 heterocycles. The highest BCUT2D eigenvalue weighted by atomic mass is 79.9. The van der Waals surface area contributed by atoms with Gasteiger partial charge in [0.25, 0.3) is 0 Å². The number of ether oxygens (including phenoxy) is 2. The number of esters is 2. The van der Waals surface area contributed by atoms with E-state index in [2.05, 4.69) is 15.9 Å². The molecule has 28 heavy (non-hydrogen) atoms. The van der Waals surface area contributed by atoms with Crippen LogP contribution in [0.2, 0.25) is 10.0 Å². The summed E-state index contributed by atoms with van der Waals surface area (Å²) >= 11 is 15.0. The molecule has 2 aromatic rings. The third kappa shape index (κ3) is 6.50. The maximum atomic E-state index is 11.6. The number of hydrogen-bond donors (Lipinski definition) is 0. The lowest BCUT2D eigenvalue weighted by molar-refractivity contribution is 0.0517. The highest BCUT2D eigenvalue weighted by Gasteiger charge is 2.25. The molecule has 2 aromatic carbocycles. The second-order valence-corrected chi connectivity index (χ2v) is 7.81. The van der Waals surface area contributed by atoms with E-state index in [1.165, 1.54) is 18.4 Å². The topological polar surface area (TPSA) is 52.6 Å². The Bertz CT molecular complexity index is 850. The fourth-order valence-corrected chi connectivity index (χ4v) is 3.19. The number of halogens is 3. The standard InChI is InChI=1S/C12H13ClO2.C9H8BrClO2/c1-2-15-12(14)10-7-9(8-3-4-8)5-6-11(10)13;1-2-13-9(12)7-5-6(10)3-4-8(7)11/h5-8H,2-4H2,1H3;3-5H,2H2,1H3. The van der Waals surface area contributed by atoms with E-state index in [1.807, 2.05) is 12.1 Å². The van der Waals surface area contributed by atoms with Crippen LogP contribution in [0.5, 0.6) is 0 Å². The molecule has 0 atom stereocenters. The molecule has 3 rings (SSSR count). The van der Waals surface area contributed by atoms with Gasteiger partial charge in [-0.15, -0.1) is 0 Å². The average molecular weight is 488 g/mol. The summed E-state index contributed by atoms with van der Waals surface area (Å²) in [6.07, 6.45) is 2.42. The van der Waals surface area contributed by atoms with Crippen LogP contribution in [0.1, 0.15) is 58.9 Å². The second kappa shape index (κ2) is 10.8. The fraction of sp³-hybridized carbons (Fsp3) is 0.333. The SMILES string of the molecule is CCOC(=O)c1cc(Br)ccc1Cl.CCOC(=O)c1cc(C2CC2)ccc1Cl. The third-order valence-electron chi connectivity index (χ3n) is 3.96. The van der Waals surface area contributed by atoms with Crippen molar-refractivity contribution in [3.63, 3.8) is 0 Å². The number of carbonyl (C=O) groups excluding carboxylic acids is 2. The zero-order valence-corrected chi connectivity index (χ0v) is 18.7. The third-order valence-corrected chi connectivity index (χ3v) is 5.11. The molecule has 4 nitrogen and oxygen atoms in total. The van der Waals surface area contributed by atoms with Crippen molar-refractivity contribution in [2.75, 3.05) is 13.2 Å². The van der Waals surface area contributed by atoms with Crippen molar-refractivity contribution in [3.05, 3.63) is 67.6 Å². The summed E-state index contributed by atoms with van der Waals surface area (Å²) in [5.41, 5.74) is 2.07. The second-order valence-electron chi connectivity index (χ2n) is 6.08. The van der Waals surface area contributed by atoms with E-state index in [4.69, 9.17) is 32.7 Å². The van der Waals surface area contributed by atoms with E-state index in [0.717, 1.165) is 4.47 Å². The van der Waals surface area contributed by atoms with Crippen LogP contribution < -0.4 is 0 Å². The van der Waals surface area contributed by atoms with Gasteiger partial charge in [0, 0.05) is 4.47 Å². The highest BCUT2D eigenvalue weighted by molar-refractivity contribution is 9.10. The lowest BCUT2D eigenvalue weighted by atomic mass is 10.1. The van der Waals surface area contributed by atoms with Crippen molar-refractivity contribution in [1.82, 2.24) is 0 Å². The molecule has 7 heteroatoms. The molecular formula is C21H21BrCl2O4. The van der Waals surface area contributed by atoms with Gasteiger partial charge in [-0.1, -0.05) is 45.2 Å². The van der Waals surface area contributed by atoms with Gasteiger partial charge in [-0.25, -0.2) is 9.59 Å². The number of rotatable bonds is 5. The molecule has 0 unspecified atom stereocenters. The van der Waals surface area contributed by atoms with Crippen molar-refractivity contribution < 1.29 is 19.1 Å². The van der Waals surface area contributed by atoms with E-state index >= 15 is 0 Å². The smallest absolute Gasteiger partial charge is 0.339 e. The normalized spacial score (nSPS) is 12.6. The van der Waals surface area contributed by atoms with Gasteiger partial charge in [0.1, 0.15) is 0 Å². The minimum atomic E-state index is -0.395. The number of carbonyl (C=O) groups is 2. The van der Waals surface area contributed by atoms with Gasteiger partial charge < -0.3 is 9.47 Å². The summed E-state index contributed by atoms with van der Waals surface area (Å²) in [5.74, 6) is -0.103. The van der Waals surface area contributed by atoms with E-state index in [9.17, 15) is 9.59 Å². The fourth-order valence-electron chi connectivity index (χ4n) is 2.44. The van der Waals surface area contributed by atoms with Crippen LogP contribution in [0.25, 0.3) is 0 Å². The molecule has 1 aliphatic rings. The van der Waals surface area contributed by atoms with Crippen molar-refractivity contribution >= 4 is 51.1 Å². The van der Waals surface area contributed by atoms with Gasteiger partial charge in [-0.05, 0) is 68.5 Å². The van der Waals surface area contributed by atoms with Crippen molar-refractivity contribution in [2.24, 2.45) is 0 Å². The lowest BCUT2D eigenvalue weighted by Crippen LogP contribution is -2.05. The van der Waals surface area contributed by atoms with Crippen molar-refractivity contribution in [2.45, 2.75) is 32.6 Å². The minimum absolute atomic E-state index is 0.329. The Hall–Kier alpha value is -1.56. The molecule has 0 spiro atoms. The Labute approximate surface area is 183 Å². The molecule has 1 aliphatic carbocycles. The average Bonchev–Trinajstić information content (AvgIpc) is 3.50. The number of benzene rings is 2. The first-order valence-electron chi connectivity index (χ1n) is 8.96. The summed E-state index contributed by atoms with van der Waals surface area (Å²) in [6.45, 7) is 4.27. The van der Waals surface area contributed by atoms with Gasteiger partial charge in [-0.2, -0.15) is 0 Å². The van der Waals surface area contributed by atoms with E-state index in [-0.39, 0.29) is 5.97 Å². The first-order valence-corrected chi connectivity index (χ1v) is 10.5. The van der Waals surface area contributed by atoms with Gasteiger partial charge >= 0.3 is 11.9 Å². The van der Waals surface area contributed by atoms with E-state index < -0.39 is 5.97 Å². The summed E-state index contributed by atoms with van der Waals surface area (Å²) < 4.78 is 10.6. The van der Waals surface area contributed by atoms with Crippen LogP contribution in [-0.4, -0.2) is 25.2 Å². The molecule has 0 N–H and O–H groups in total. The molecule has 0 aromatic heterocycles. The van der Waals surface area contributed by atoms with Gasteiger partial charge in [0.05, 0.1) is 34.4 Å². The first-order chi connectivity index (χ1) is 13.4. The molecule has 0 aliphatic heterocycles. The Morgan fingerprint density at radius 1 is 0.929 bits per heavy atom. The molecule has 0 saturated heterocycles. The lowest BCUT2D eigenvalue weighted by Gasteiger charge is -2.06. The summed E-state index contributed by atoms with van der Waals surface area (Å²) in [7, 11) is 0. The molecule has 0 bridgehead atoms. The molecule has 150 valence electrons. The summed E-state index contributed by atoms with van der Waals surface area (Å²) in [5, 5.41) is 0.875. The van der Waals surface area contributed by atoms with Crippen LogP contribution in [0.15, 0.2) is 40.9 Å². The zero-order valence-electron chi connectivity index (χ0n) is 15.6. The van der Waals surface area contributed by atoms with Gasteiger partial charge in [0.2, 0.25) is 0 Å². The maximum Gasteiger partial charge on any atom is 0.339 e. The maximum absolute atomic E-state index is 11.6. The van der Waals surface area contributed by atoms with Crippen LogP contribution in [-0.2, 0) is 9.47 Å². The highest BCUT2D eigenvalue weighted by Crippen LogP contribution is 2.41. The minimum Gasteiger partial charge on any atom is -0.462 e. The molecular weight excluding hydrogens is 467 g/mol.